The fourth-order valence-corrected chi connectivity index (χ4v) is 5.08. The Morgan fingerprint density at radius 3 is 2.88 bits per heavy atom. The molecule has 1 unspecified atom stereocenters. The van der Waals surface area contributed by atoms with Crippen LogP contribution in [0.25, 0.3) is 0 Å². The smallest absolute Gasteiger partial charge is 0.317 e. The van der Waals surface area contributed by atoms with E-state index in [1.807, 2.05) is 16.5 Å². The lowest BCUT2D eigenvalue weighted by atomic mass is 9.92. The van der Waals surface area contributed by atoms with E-state index in [1.165, 1.54) is 11.4 Å². The molecule has 0 radical (unpaired) electrons. The molecule has 138 valence electrons. The van der Waals surface area contributed by atoms with Gasteiger partial charge in [0, 0.05) is 50.0 Å². The monoisotopic (exact) mass is 364 g/mol. The van der Waals surface area contributed by atoms with E-state index in [2.05, 4.69) is 22.2 Å². The van der Waals surface area contributed by atoms with Gasteiger partial charge in [0.05, 0.1) is 6.54 Å². The van der Waals surface area contributed by atoms with Crippen LogP contribution >= 0.6 is 11.3 Å². The number of urea groups is 1. The Balaban J connectivity index is 1.24. The largest absolute Gasteiger partial charge is 0.381 e. The molecule has 2 aliphatic heterocycles. The van der Waals surface area contributed by atoms with Gasteiger partial charge in [0.2, 0.25) is 0 Å². The Hall–Kier alpha value is -1.18. The van der Waals surface area contributed by atoms with Gasteiger partial charge in [0.25, 0.3) is 0 Å². The fraction of sp³-hybridized carbons (Fsp3) is 0.778. The van der Waals surface area contributed by atoms with Crippen LogP contribution in [0, 0.1) is 5.41 Å². The van der Waals surface area contributed by atoms with Gasteiger partial charge in [-0.3, -0.25) is 4.90 Å². The molecule has 2 saturated heterocycles. The molecule has 2 amide bonds. The van der Waals surface area contributed by atoms with Crippen LogP contribution in [-0.4, -0.2) is 66.2 Å². The van der Waals surface area contributed by atoms with Crippen LogP contribution in [0.5, 0.6) is 0 Å². The van der Waals surface area contributed by atoms with Gasteiger partial charge in [-0.15, -0.1) is 11.3 Å². The van der Waals surface area contributed by atoms with E-state index >= 15 is 0 Å². The topological polar surface area (TPSA) is 57.7 Å². The third-order valence-corrected chi connectivity index (χ3v) is 6.91. The van der Waals surface area contributed by atoms with Crippen molar-refractivity contribution in [1.82, 2.24) is 20.1 Å². The Kier molecular flexibility index (Phi) is 4.97. The number of amides is 2. The van der Waals surface area contributed by atoms with Crippen molar-refractivity contribution >= 4 is 17.4 Å². The maximum Gasteiger partial charge on any atom is 0.317 e. The van der Waals surface area contributed by atoms with Gasteiger partial charge in [-0.25, -0.2) is 9.78 Å². The van der Waals surface area contributed by atoms with Gasteiger partial charge in [-0.05, 0) is 44.6 Å². The van der Waals surface area contributed by atoms with Crippen molar-refractivity contribution in [3.63, 3.8) is 0 Å². The Labute approximate surface area is 153 Å². The number of hydrogen-bond donors (Lipinski definition) is 1. The molecule has 7 heteroatoms. The van der Waals surface area contributed by atoms with Crippen molar-refractivity contribution in [2.24, 2.45) is 5.41 Å². The molecule has 3 heterocycles. The predicted molar refractivity (Wildman–Crippen MR) is 97.6 cm³/mol. The molecular formula is C18H28N4O2S. The number of carbonyl (C=O) groups is 1. The second kappa shape index (κ2) is 7.21. The molecule has 4 rings (SSSR count). The molecule has 1 aromatic heterocycles. The van der Waals surface area contributed by atoms with E-state index in [0.717, 1.165) is 58.5 Å². The summed E-state index contributed by atoms with van der Waals surface area (Å²) in [5, 5.41) is 6.43. The number of nitrogens with zero attached hydrogens (tertiary/aromatic N) is 3. The number of ether oxygens (including phenoxy) is 1. The number of hydrogen-bond acceptors (Lipinski definition) is 5. The van der Waals surface area contributed by atoms with Gasteiger partial charge < -0.3 is 15.0 Å². The van der Waals surface area contributed by atoms with Crippen molar-refractivity contribution in [2.45, 2.75) is 50.7 Å². The van der Waals surface area contributed by atoms with Crippen molar-refractivity contribution in [2.75, 3.05) is 33.4 Å². The zero-order valence-corrected chi connectivity index (χ0v) is 15.8. The Bertz CT molecular complexity index is 580. The van der Waals surface area contributed by atoms with Crippen LogP contribution in [0.1, 0.15) is 37.1 Å². The van der Waals surface area contributed by atoms with Gasteiger partial charge in [-0.1, -0.05) is 0 Å². The van der Waals surface area contributed by atoms with E-state index in [-0.39, 0.29) is 12.1 Å². The van der Waals surface area contributed by atoms with E-state index in [4.69, 9.17) is 4.74 Å². The number of nitrogens with one attached hydrogen (secondary N) is 1. The maximum atomic E-state index is 12.5. The molecule has 6 nitrogen and oxygen atoms in total. The highest BCUT2D eigenvalue weighted by molar-refractivity contribution is 7.09. The molecule has 1 aromatic rings. The van der Waals surface area contributed by atoms with E-state index in [1.54, 1.807) is 11.3 Å². The van der Waals surface area contributed by atoms with Gasteiger partial charge in [-0.2, -0.15) is 0 Å². The van der Waals surface area contributed by atoms with Crippen LogP contribution in [0.4, 0.5) is 4.79 Å². The van der Waals surface area contributed by atoms with Gasteiger partial charge in [0.1, 0.15) is 5.01 Å². The summed E-state index contributed by atoms with van der Waals surface area (Å²) in [5.74, 6) is 0. The molecule has 0 aromatic carbocycles. The average molecular weight is 365 g/mol. The van der Waals surface area contributed by atoms with Crippen LogP contribution in [0.15, 0.2) is 11.6 Å². The summed E-state index contributed by atoms with van der Waals surface area (Å²) in [6, 6.07) is 1.06. The van der Waals surface area contributed by atoms with Crippen LogP contribution < -0.4 is 5.32 Å². The molecule has 1 saturated carbocycles. The normalized spacial score (nSPS) is 26.2. The van der Waals surface area contributed by atoms with E-state index < -0.39 is 0 Å². The lowest BCUT2D eigenvalue weighted by Gasteiger charge is -2.35. The number of piperidine rings is 1. The molecule has 3 aliphatic rings. The molecule has 1 atom stereocenters. The number of likely N-dealkylation sites (tertiary alicyclic amines) is 1. The Morgan fingerprint density at radius 2 is 2.20 bits per heavy atom. The first-order valence-corrected chi connectivity index (χ1v) is 10.3. The number of rotatable bonds is 4. The highest BCUT2D eigenvalue weighted by atomic mass is 32.1. The summed E-state index contributed by atoms with van der Waals surface area (Å²) in [4.78, 5) is 21.3. The minimum Gasteiger partial charge on any atom is -0.381 e. The van der Waals surface area contributed by atoms with Crippen LogP contribution in [0.2, 0.25) is 0 Å². The standard InChI is InChI=1S/C18H28N4O2S/c1-21(13-16-19-6-11-25-16)15-12-18(15)4-7-22(8-5-18)17(23)20-14-2-9-24-10-3-14/h6,11,14-15H,2-5,7-10,12-13H2,1H3,(H,20,23). The summed E-state index contributed by atoms with van der Waals surface area (Å²) >= 11 is 1.73. The fourth-order valence-electron chi connectivity index (χ4n) is 4.40. The molecule has 25 heavy (non-hydrogen) atoms. The zero-order chi connectivity index (χ0) is 17.3. The number of carbonyl (C=O) groups excluding carboxylic acids is 1. The molecule has 1 N–H and O–H groups in total. The van der Waals surface area contributed by atoms with E-state index in [0.29, 0.717) is 11.5 Å². The average Bonchev–Trinajstić information content (AvgIpc) is 3.08. The van der Waals surface area contributed by atoms with Gasteiger partial charge >= 0.3 is 6.03 Å². The first kappa shape index (κ1) is 17.2. The molecular weight excluding hydrogens is 336 g/mol. The van der Waals surface area contributed by atoms with Crippen molar-refractivity contribution in [3.8, 4) is 0 Å². The molecule has 3 fully saturated rings. The van der Waals surface area contributed by atoms with E-state index in [9.17, 15) is 4.79 Å². The summed E-state index contributed by atoms with van der Waals surface area (Å²) < 4.78 is 5.36. The summed E-state index contributed by atoms with van der Waals surface area (Å²) in [6.45, 7) is 4.24. The summed E-state index contributed by atoms with van der Waals surface area (Å²) in [6.07, 6.45) is 7.28. The maximum absolute atomic E-state index is 12.5. The SMILES string of the molecule is CN(Cc1nccs1)C1CC12CCN(C(=O)NC1CCOCC1)CC2. The number of thiazole rings is 1. The summed E-state index contributed by atoms with van der Waals surface area (Å²) in [5.41, 5.74) is 0.432. The zero-order valence-electron chi connectivity index (χ0n) is 14.9. The van der Waals surface area contributed by atoms with Crippen LogP contribution in [0.3, 0.4) is 0 Å². The highest BCUT2D eigenvalue weighted by Gasteiger charge is 2.56. The molecule has 1 aliphatic carbocycles. The third kappa shape index (κ3) is 3.83. The minimum atomic E-state index is 0.120. The first-order valence-electron chi connectivity index (χ1n) is 9.38. The van der Waals surface area contributed by atoms with Crippen molar-refractivity contribution in [1.29, 1.82) is 0 Å². The highest BCUT2D eigenvalue weighted by Crippen LogP contribution is 2.56. The van der Waals surface area contributed by atoms with Crippen LogP contribution in [-0.2, 0) is 11.3 Å². The minimum absolute atomic E-state index is 0.120. The summed E-state index contributed by atoms with van der Waals surface area (Å²) in [7, 11) is 2.21. The lowest BCUT2D eigenvalue weighted by molar-refractivity contribution is 0.0765. The third-order valence-electron chi connectivity index (χ3n) is 6.14. The second-order valence-corrected chi connectivity index (χ2v) is 8.73. The lowest BCUT2D eigenvalue weighted by Crippen LogP contribution is -2.50. The van der Waals surface area contributed by atoms with Gasteiger partial charge in [0.15, 0.2) is 0 Å². The first-order chi connectivity index (χ1) is 12.2. The quantitative estimate of drug-likeness (QED) is 0.891. The predicted octanol–water partition coefficient (Wildman–Crippen LogP) is 2.32. The second-order valence-electron chi connectivity index (χ2n) is 7.75. The Morgan fingerprint density at radius 1 is 1.44 bits per heavy atom. The molecule has 1 spiro atoms. The number of aromatic nitrogens is 1. The van der Waals surface area contributed by atoms with Crippen molar-refractivity contribution < 1.29 is 9.53 Å². The molecule has 0 bridgehead atoms. The van der Waals surface area contributed by atoms with Crippen molar-refractivity contribution in [3.05, 3.63) is 16.6 Å².